The molecule has 2 aromatic rings. The number of nitrogens with one attached hydrogen (secondary N) is 1. The fraction of sp³-hybridized carbons (Fsp3) is 0.450. The molecule has 1 aliphatic rings. The fourth-order valence-corrected chi connectivity index (χ4v) is 3.37. The number of anilines is 2. The van der Waals surface area contributed by atoms with Crippen molar-refractivity contribution in [3.05, 3.63) is 47.3 Å². The highest BCUT2D eigenvalue weighted by atomic mass is 16.2. The van der Waals surface area contributed by atoms with Crippen LogP contribution < -0.4 is 5.32 Å². The molecule has 132 valence electrons. The minimum absolute atomic E-state index is 0.0461. The van der Waals surface area contributed by atoms with Gasteiger partial charge in [-0.05, 0) is 56.7 Å². The van der Waals surface area contributed by atoms with E-state index >= 15 is 0 Å². The van der Waals surface area contributed by atoms with Crippen molar-refractivity contribution in [2.24, 2.45) is 0 Å². The molecular weight excluding hydrogens is 312 g/mol. The van der Waals surface area contributed by atoms with Gasteiger partial charge < -0.3 is 10.2 Å². The fourth-order valence-electron chi connectivity index (χ4n) is 3.37. The van der Waals surface area contributed by atoms with Gasteiger partial charge in [-0.2, -0.15) is 0 Å². The van der Waals surface area contributed by atoms with Gasteiger partial charge in [0.2, 0.25) is 5.95 Å². The van der Waals surface area contributed by atoms with Crippen LogP contribution in [-0.2, 0) is 0 Å². The quantitative estimate of drug-likeness (QED) is 0.906. The van der Waals surface area contributed by atoms with E-state index in [0.29, 0.717) is 17.6 Å². The number of hydrogen-bond acceptors (Lipinski definition) is 4. The van der Waals surface area contributed by atoms with Crippen LogP contribution >= 0.6 is 0 Å². The maximum atomic E-state index is 12.8. The van der Waals surface area contributed by atoms with Gasteiger partial charge in [-0.15, -0.1) is 0 Å². The van der Waals surface area contributed by atoms with Crippen molar-refractivity contribution in [2.75, 3.05) is 11.9 Å². The van der Waals surface area contributed by atoms with Gasteiger partial charge in [0.15, 0.2) is 0 Å². The number of nitrogens with zero attached hydrogens (tertiary/aromatic N) is 3. The van der Waals surface area contributed by atoms with E-state index < -0.39 is 0 Å². The Morgan fingerprint density at radius 2 is 2.00 bits per heavy atom. The number of rotatable bonds is 4. The molecule has 5 heteroatoms. The number of hydrogen-bond donors (Lipinski definition) is 1. The number of piperidine rings is 1. The van der Waals surface area contributed by atoms with Crippen LogP contribution in [0.25, 0.3) is 0 Å². The molecule has 3 rings (SSSR count). The van der Waals surface area contributed by atoms with E-state index in [1.165, 1.54) is 17.5 Å². The minimum Gasteiger partial charge on any atom is -0.336 e. The van der Waals surface area contributed by atoms with Crippen LogP contribution in [0.3, 0.4) is 0 Å². The maximum Gasteiger partial charge on any atom is 0.257 e. The van der Waals surface area contributed by atoms with E-state index in [1.54, 1.807) is 12.4 Å². The second-order valence-electron chi connectivity index (χ2n) is 6.72. The first-order chi connectivity index (χ1) is 12.1. The second-order valence-corrected chi connectivity index (χ2v) is 6.72. The van der Waals surface area contributed by atoms with E-state index in [0.717, 1.165) is 31.5 Å². The van der Waals surface area contributed by atoms with Crippen LogP contribution in [0.5, 0.6) is 0 Å². The largest absolute Gasteiger partial charge is 0.336 e. The zero-order valence-corrected chi connectivity index (χ0v) is 15.2. The van der Waals surface area contributed by atoms with Crippen molar-refractivity contribution in [3.8, 4) is 0 Å². The lowest BCUT2D eigenvalue weighted by atomic mass is 9.99. The Balaban J connectivity index is 1.73. The van der Waals surface area contributed by atoms with E-state index in [2.05, 4.69) is 42.1 Å². The number of carbonyl (C=O) groups is 1. The zero-order chi connectivity index (χ0) is 17.8. The van der Waals surface area contributed by atoms with Gasteiger partial charge in [0.25, 0.3) is 5.91 Å². The lowest BCUT2D eigenvalue weighted by Crippen LogP contribution is -2.43. The van der Waals surface area contributed by atoms with Gasteiger partial charge in [0, 0.05) is 30.7 Å². The predicted molar refractivity (Wildman–Crippen MR) is 100 cm³/mol. The number of likely N-dealkylation sites (tertiary alicyclic amines) is 1. The molecule has 0 spiro atoms. The molecule has 0 bridgehead atoms. The summed E-state index contributed by atoms with van der Waals surface area (Å²) in [6.07, 6.45) is 7.63. The standard InChI is InChI=1S/C20H26N4O/c1-4-17-9-5-6-11-24(17)19(25)16-12-21-20(22-13-16)23-18-10-7-8-14(2)15(18)3/h7-8,10,12-13,17H,4-6,9,11H2,1-3H3,(H,21,22,23). The highest BCUT2D eigenvalue weighted by Gasteiger charge is 2.26. The first kappa shape index (κ1) is 17.4. The third-order valence-electron chi connectivity index (χ3n) is 5.11. The normalized spacial score (nSPS) is 17.4. The molecule has 1 aromatic heterocycles. The van der Waals surface area contributed by atoms with Crippen molar-refractivity contribution in [1.82, 2.24) is 14.9 Å². The van der Waals surface area contributed by atoms with Crippen molar-refractivity contribution in [2.45, 2.75) is 52.5 Å². The minimum atomic E-state index is 0.0461. The highest BCUT2D eigenvalue weighted by molar-refractivity contribution is 5.94. The summed E-state index contributed by atoms with van der Waals surface area (Å²) in [4.78, 5) is 23.4. The summed E-state index contributed by atoms with van der Waals surface area (Å²) < 4.78 is 0. The zero-order valence-electron chi connectivity index (χ0n) is 15.2. The Hall–Kier alpha value is -2.43. The molecule has 1 aromatic carbocycles. The Bertz CT molecular complexity index is 742. The average Bonchev–Trinajstić information content (AvgIpc) is 2.65. The third kappa shape index (κ3) is 3.81. The Labute approximate surface area is 149 Å². The van der Waals surface area contributed by atoms with Crippen molar-refractivity contribution >= 4 is 17.5 Å². The Morgan fingerprint density at radius 3 is 2.72 bits per heavy atom. The van der Waals surface area contributed by atoms with Gasteiger partial charge >= 0.3 is 0 Å². The molecule has 1 saturated heterocycles. The molecule has 1 aliphatic heterocycles. The summed E-state index contributed by atoms with van der Waals surface area (Å²) in [5.41, 5.74) is 3.94. The first-order valence-electron chi connectivity index (χ1n) is 9.06. The SMILES string of the molecule is CCC1CCCCN1C(=O)c1cnc(Nc2cccc(C)c2C)nc1. The summed E-state index contributed by atoms with van der Waals surface area (Å²) in [6, 6.07) is 6.43. The number of amides is 1. The topological polar surface area (TPSA) is 58.1 Å². The summed E-state index contributed by atoms with van der Waals surface area (Å²) in [6.45, 7) is 7.12. The predicted octanol–water partition coefficient (Wildman–Crippen LogP) is 4.24. The van der Waals surface area contributed by atoms with Crippen LogP contribution in [0, 0.1) is 13.8 Å². The number of benzene rings is 1. The van der Waals surface area contributed by atoms with Gasteiger partial charge in [-0.1, -0.05) is 19.1 Å². The molecule has 0 radical (unpaired) electrons. The smallest absolute Gasteiger partial charge is 0.257 e. The molecular formula is C20H26N4O. The molecule has 25 heavy (non-hydrogen) atoms. The lowest BCUT2D eigenvalue weighted by Gasteiger charge is -2.35. The number of aromatic nitrogens is 2. The Kier molecular flexibility index (Phi) is 5.31. The Morgan fingerprint density at radius 1 is 1.24 bits per heavy atom. The summed E-state index contributed by atoms with van der Waals surface area (Å²) in [5, 5.41) is 3.23. The van der Waals surface area contributed by atoms with E-state index in [-0.39, 0.29) is 5.91 Å². The van der Waals surface area contributed by atoms with Gasteiger partial charge in [0.1, 0.15) is 0 Å². The molecule has 0 aliphatic carbocycles. The monoisotopic (exact) mass is 338 g/mol. The maximum absolute atomic E-state index is 12.8. The van der Waals surface area contributed by atoms with Gasteiger partial charge in [-0.3, -0.25) is 4.79 Å². The van der Waals surface area contributed by atoms with Crippen LogP contribution in [0.15, 0.2) is 30.6 Å². The van der Waals surface area contributed by atoms with Crippen molar-refractivity contribution in [1.29, 1.82) is 0 Å². The average molecular weight is 338 g/mol. The lowest BCUT2D eigenvalue weighted by molar-refractivity contribution is 0.0607. The molecule has 1 amide bonds. The molecule has 1 N–H and O–H groups in total. The summed E-state index contributed by atoms with van der Waals surface area (Å²) >= 11 is 0. The second kappa shape index (κ2) is 7.64. The van der Waals surface area contributed by atoms with Crippen LogP contribution in [0.2, 0.25) is 0 Å². The number of aryl methyl sites for hydroxylation is 1. The van der Waals surface area contributed by atoms with Crippen molar-refractivity contribution in [3.63, 3.8) is 0 Å². The van der Waals surface area contributed by atoms with Gasteiger partial charge in [-0.25, -0.2) is 9.97 Å². The molecule has 0 saturated carbocycles. The van der Waals surface area contributed by atoms with Crippen LogP contribution in [0.1, 0.15) is 54.1 Å². The van der Waals surface area contributed by atoms with Gasteiger partial charge in [0.05, 0.1) is 5.56 Å². The van der Waals surface area contributed by atoms with Crippen molar-refractivity contribution < 1.29 is 4.79 Å². The number of carbonyl (C=O) groups excluding carboxylic acids is 1. The highest BCUT2D eigenvalue weighted by Crippen LogP contribution is 2.23. The molecule has 1 unspecified atom stereocenters. The van der Waals surface area contributed by atoms with E-state index in [9.17, 15) is 4.79 Å². The summed E-state index contributed by atoms with van der Waals surface area (Å²) in [7, 11) is 0. The van der Waals surface area contributed by atoms with Crippen LogP contribution in [0.4, 0.5) is 11.6 Å². The summed E-state index contributed by atoms with van der Waals surface area (Å²) in [5.74, 6) is 0.556. The first-order valence-corrected chi connectivity index (χ1v) is 9.06. The van der Waals surface area contributed by atoms with E-state index in [4.69, 9.17) is 0 Å². The third-order valence-corrected chi connectivity index (χ3v) is 5.11. The molecule has 5 nitrogen and oxygen atoms in total. The molecule has 1 atom stereocenters. The van der Waals surface area contributed by atoms with Crippen LogP contribution in [-0.4, -0.2) is 33.4 Å². The molecule has 2 heterocycles. The van der Waals surface area contributed by atoms with E-state index in [1.807, 2.05) is 17.0 Å². The molecule has 1 fully saturated rings.